The van der Waals surface area contributed by atoms with Gasteiger partial charge in [0.05, 0.1) is 0 Å². The Kier molecular flexibility index (Phi) is 3.59. The van der Waals surface area contributed by atoms with E-state index in [9.17, 15) is 26.3 Å². The van der Waals surface area contributed by atoms with Crippen LogP contribution in [0.1, 0.15) is 0 Å². The Morgan fingerprint density at radius 1 is 0.667 bits per heavy atom. The van der Waals surface area contributed by atoms with Gasteiger partial charge in [-0.2, -0.15) is 26.3 Å². The van der Waals surface area contributed by atoms with Crippen LogP contribution in [0.5, 0.6) is 0 Å². The molecule has 0 aromatic heterocycles. The van der Waals surface area contributed by atoms with Crippen molar-refractivity contribution in [2.45, 2.75) is 18.0 Å². The fourth-order valence-corrected chi connectivity index (χ4v) is 0.161. The van der Waals surface area contributed by atoms with Crippen molar-refractivity contribution in [3.63, 3.8) is 0 Å². The highest BCUT2D eigenvalue weighted by Gasteiger charge is 2.66. The van der Waals surface area contributed by atoms with Crippen molar-refractivity contribution in [3.8, 4) is 0 Å². The highest BCUT2D eigenvalue weighted by Crippen LogP contribution is 2.36. The second-order valence-corrected chi connectivity index (χ2v) is 1.86. The van der Waals surface area contributed by atoms with Crippen molar-refractivity contribution in [2.24, 2.45) is 11.5 Å². The molecule has 0 rings (SSSR count). The Morgan fingerprint density at radius 2 is 0.833 bits per heavy atom. The van der Waals surface area contributed by atoms with Gasteiger partial charge in [-0.05, 0) is 0 Å². The second kappa shape index (κ2) is 3.07. The number of rotatable bonds is 0. The van der Waals surface area contributed by atoms with Gasteiger partial charge in [0.25, 0.3) is 5.66 Å². The molecule has 0 atom stereocenters. The normalized spacial score (nSPS) is 14.0. The van der Waals surface area contributed by atoms with Crippen molar-refractivity contribution in [2.75, 3.05) is 0 Å². The van der Waals surface area contributed by atoms with Crippen LogP contribution in [-0.4, -0.2) is 18.0 Å². The Labute approximate surface area is 63.3 Å². The average Bonchev–Trinajstić information content (AvgIpc) is 1.58. The molecule has 9 heteroatoms. The number of hydrogen-bond donors (Lipinski definition) is 3. The zero-order valence-corrected chi connectivity index (χ0v) is 5.63. The monoisotopic (exact) mass is 199 g/mol. The summed E-state index contributed by atoms with van der Waals surface area (Å²) in [7, 11) is 0. The standard InChI is InChI=1S/C3H4F6N2.H3N/c4-2(5,6)1(10,11)3(7,8)9;/h10-11H2;1H3. The van der Waals surface area contributed by atoms with Gasteiger partial charge < -0.3 is 6.15 Å². The fraction of sp³-hybridized carbons (Fsp3) is 1.00. The summed E-state index contributed by atoms with van der Waals surface area (Å²) in [6, 6.07) is 0. The Bertz CT molecular complexity index is 129. The van der Waals surface area contributed by atoms with Gasteiger partial charge in [0, 0.05) is 0 Å². The zero-order chi connectivity index (χ0) is 9.50. The van der Waals surface area contributed by atoms with E-state index in [1.165, 1.54) is 0 Å². The average molecular weight is 199 g/mol. The lowest BCUT2D eigenvalue weighted by Gasteiger charge is -2.28. The highest BCUT2D eigenvalue weighted by molar-refractivity contribution is 4.92. The van der Waals surface area contributed by atoms with Gasteiger partial charge in [0.1, 0.15) is 0 Å². The zero-order valence-electron chi connectivity index (χ0n) is 5.63. The van der Waals surface area contributed by atoms with Gasteiger partial charge in [0.15, 0.2) is 0 Å². The van der Waals surface area contributed by atoms with E-state index in [1.54, 1.807) is 0 Å². The summed E-state index contributed by atoms with van der Waals surface area (Å²) in [5.74, 6) is 0. The van der Waals surface area contributed by atoms with Crippen LogP contribution in [0.4, 0.5) is 26.3 Å². The molecule has 0 amide bonds. The predicted octanol–water partition coefficient (Wildman–Crippen LogP) is 0.887. The van der Waals surface area contributed by atoms with Crippen LogP contribution in [0.15, 0.2) is 0 Å². The molecule has 0 aliphatic heterocycles. The first kappa shape index (κ1) is 14.0. The minimum Gasteiger partial charge on any atom is -0.344 e. The topological polar surface area (TPSA) is 87.0 Å². The summed E-state index contributed by atoms with van der Waals surface area (Å²) in [6.07, 6.45) is -11.4. The summed E-state index contributed by atoms with van der Waals surface area (Å²) < 4.78 is 68.2. The fourth-order valence-electron chi connectivity index (χ4n) is 0.161. The number of halogens is 6. The molecule has 3 nitrogen and oxygen atoms in total. The molecule has 0 bridgehead atoms. The molecule has 0 spiro atoms. The molecule has 0 heterocycles. The van der Waals surface area contributed by atoms with E-state index in [2.05, 4.69) is 11.5 Å². The first-order chi connectivity index (χ1) is 4.50. The van der Waals surface area contributed by atoms with Crippen molar-refractivity contribution in [3.05, 3.63) is 0 Å². The van der Waals surface area contributed by atoms with Crippen LogP contribution >= 0.6 is 0 Å². The molecule has 0 fully saturated rings. The maximum absolute atomic E-state index is 11.4. The summed E-state index contributed by atoms with van der Waals surface area (Å²) >= 11 is 0. The summed E-state index contributed by atoms with van der Waals surface area (Å²) in [5.41, 5.74) is 2.97. The van der Waals surface area contributed by atoms with Crippen LogP contribution in [0, 0.1) is 0 Å². The first-order valence-corrected chi connectivity index (χ1v) is 2.21. The third kappa shape index (κ3) is 2.22. The minimum absolute atomic E-state index is 0. The third-order valence-corrected chi connectivity index (χ3v) is 0.938. The predicted molar refractivity (Wildman–Crippen MR) is 28.2 cm³/mol. The molecule has 76 valence electrons. The van der Waals surface area contributed by atoms with Gasteiger partial charge in [-0.3, -0.25) is 11.5 Å². The molecule has 7 N–H and O–H groups in total. The van der Waals surface area contributed by atoms with Crippen LogP contribution in [-0.2, 0) is 0 Å². The molecule has 0 aliphatic carbocycles. The van der Waals surface area contributed by atoms with E-state index in [0.717, 1.165) is 0 Å². The molecule has 0 saturated heterocycles. The van der Waals surface area contributed by atoms with Crippen molar-refractivity contribution in [1.82, 2.24) is 6.15 Å². The highest BCUT2D eigenvalue weighted by atomic mass is 19.4. The van der Waals surface area contributed by atoms with E-state index in [1.807, 2.05) is 0 Å². The third-order valence-electron chi connectivity index (χ3n) is 0.938. The van der Waals surface area contributed by atoms with E-state index in [-0.39, 0.29) is 6.15 Å². The molecular weight excluding hydrogens is 192 g/mol. The molecule has 0 radical (unpaired) electrons. The van der Waals surface area contributed by atoms with Crippen molar-refractivity contribution < 1.29 is 26.3 Å². The van der Waals surface area contributed by atoms with Gasteiger partial charge >= 0.3 is 12.4 Å². The molecule has 12 heavy (non-hydrogen) atoms. The summed E-state index contributed by atoms with van der Waals surface area (Å²) in [6.45, 7) is 0. The maximum atomic E-state index is 11.4. The van der Waals surface area contributed by atoms with Gasteiger partial charge in [0.2, 0.25) is 0 Å². The number of nitrogens with two attached hydrogens (primary N) is 2. The minimum atomic E-state index is -5.69. The molecule has 0 aromatic rings. The lowest BCUT2D eigenvalue weighted by atomic mass is 10.2. The lowest BCUT2D eigenvalue weighted by Crippen LogP contribution is -2.70. The quantitative estimate of drug-likeness (QED) is 0.399. The van der Waals surface area contributed by atoms with Crippen LogP contribution in [0.3, 0.4) is 0 Å². The second-order valence-electron chi connectivity index (χ2n) is 1.86. The molecular formula is C3H7F6N3. The first-order valence-electron chi connectivity index (χ1n) is 2.21. The number of hydrogen-bond acceptors (Lipinski definition) is 3. The largest absolute Gasteiger partial charge is 0.428 e. The SMILES string of the molecule is N.NC(N)(C(F)(F)F)C(F)(F)F. The van der Waals surface area contributed by atoms with E-state index < -0.39 is 18.0 Å². The van der Waals surface area contributed by atoms with Crippen LogP contribution < -0.4 is 17.6 Å². The Morgan fingerprint density at radius 3 is 0.833 bits per heavy atom. The Balaban J connectivity index is 0. The molecule has 0 aromatic carbocycles. The van der Waals surface area contributed by atoms with Gasteiger partial charge in [-0.15, -0.1) is 0 Å². The van der Waals surface area contributed by atoms with Crippen molar-refractivity contribution >= 4 is 0 Å². The van der Waals surface area contributed by atoms with Gasteiger partial charge in [-0.1, -0.05) is 0 Å². The van der Waals surface area contributed by atoms with E-state index >= 15 is 0 Å². The lowest BCUT2D eigenvalue weighted by molar-refractivity contribution is -0.294. The van der Waals surface area contributed by atoms with E-state index in [0.29, 0.717) is 0 Å². The van der Waals surface area contributed by atoms with Crippen LogP contribution in [0.25, 0.3) is 0 Å². The molecule has 0 aliphatic rings. The smallest absolute Gasteiger partial charge is 0.344 e. The summed E-state index contributed by atoms with van der Waals surface area (Å²) in [5, 5.41) is 0. The van der Waals surface area contributed by atoms with E-state index in [4.69, 9.17) is 0 Å². The van der Waals surface area contributed by atoms with Gasteiger partial charge in [-0.25, -0.2) is 0 Å². The summed E-state index contributed by atoms with van der Waals surface area (Å²) in [4.78, 5) is 0. The van der Waals surface area contributed by atoms with Crippen molar-refractivity contribution in [1.29, 1.82) is 0 Å². The Hall–Kier alpha value is -0.540. The number of alkyl halides is 6. The van der Waals surface area contributed by atoms with Crippen LogP contribution in [0.2, 0.25) is 0 Å². The molecule has 0 unspecified atom stereocenters. The molecule has 0 saturated carbocycles. The maximum Gasteiger partial charge on any atom is 0.428 e.